The van der Waals surface area contributed by atoms with E-state index in [1.807, 2.05) is 12.1 Å². The van der Waals surface area contributed by atoms with Gasteiger partial charge in [-0.05, 0) is 61.8 Å². The molecule has 0 saturated heterocycles. The first-order valence-corrected chi connectivity index (χ1v) is 7.96. The molecule has 1 saturated carbocycles. The lowest BCUT2D eigenvalue weighted by molar-refractivity contribution is 0.277. The molecule has 1 N–H and O–H groups in total. The molecule has 0 radical (unpaired) electrons. The van der Waals surface area contributed by atoms with Crippen molar-refractivity contribution in [3.05, 3.63) is 34.9 Å². The molecular weight excluding hydrogens is 244 g/mol. The molecule has 1 aliphatic rings. The van der Waals surface area contributed by atoms with Crippen LogP contribution >= 0.6 is 0 Å². The van der Waals surface area contributed by atoms with E-state index in [9.17, 15) is 0 Å². The van der Waals surface area contributed by atoms with Crippen LogP contribution in [0.1, 0.15) is 62.1 Å². The van der Waals surface area contributed by atoms with E-state index < -0.39 is 0 Å². The molecule has 2 nitrogen and oxygen atoms in total. The Morgan fingerprint density at radius 1 is 1.25 bits per heavy atom. The molecular formula is C18H26N2. The van der Waals surface area contributed by atoms with Gasteiger partial charge in [-0.2, -0.15) is 5.26 Å². The number of benzene rings is 1. The smallest absolute Gasteiger partial charge is 0.0991 e. The number of hydrogen-bond donors (Lipinski definition) is 1. The van der Waals surface area contributed by atoms with Crippen molar-refractivity contribution in [3.63, 3.8) is 0 Å². The lowest BCUT2D eigenvalue weighted by atomic mass is 9.83. The molecule has 0 spiro atoms. The van der Waals surface area contributed by atoms with Crippen molar-refractivity contribution in [2.24, 2.45) is 5.92 Å². The highest BCUT2D eigenvalue weighted by Gasteiger charge is 2.20. The van der Waals surface area contributed by atoms with E-state index in [0.717, 1.165) is 18.0 Å². The molecule has 1 aromatic rings. The molecule has 0 unspecified atom stereocenters. The third-order valence-corrected chi connectivity index (χ3v) is 4.60. The van der Waals surface area contributed by atoms with E-state index >= 15 is 0 Å². The van der Waals surface area contributed by atoms with Gasteiger partial charge in [0.1, 0.15) is 0 Å². The number of nitrogens with zero attached hydrogens (tertiary/aromatic N) is 1. The monoisotopic (exact) mass is 270 g/mol. The number of rotatable bonds is 5. The number of aryl methyl sites for hydroxylation is 1. The van der Waals surface area contributed by atoms with Crippen molar-refractivity contribution < 1.29 is 0 Å². The van der Waals surface area contributed by atoms with Gasteiger partial charge in [0.15, 0.2) is 0 Å². The van der Waals surface area contributed by atoms with Crippen LogP contribution in [0, 0.1) is 24.2 Å². The van der Waals surface area contributed by atoms with Crippen LogP contribution in [0.5, 0.6) is 0 Å². The minimum Gasteiger partial charge on any atom is -0.310 e. The highest BCUT2D eigenvalue weighted by molar-refractivity contribution is 5.37. The Morgan fingerprint density at radius 3 is 2.60 bits per heavy atom. The Hall–Kier alpha value is -1.33. The predicted molar refractivity (Wildman–Crippen MR) is 83.4 cm³/mol. The molecule has 1 aliphatic carbocycles. The fourth-order valence-corrected chi connectivity index (χ4v) is 3.28. The molecule has 20 heavy (non-hydrogen) atoms. The Balaban J connectivity index is 1.80. The minimum absolute atomic E-state index is 0.679. The molecule has 2 heteroatoms. The first-order valence-electron chi connectivity index (χ1n) is 7.96. The molecule has 0 amide bonds. The van der Waals surface area contributed by atoms with Gasteiger partial charge < -0.3 is 5.32 Å². The van der Waals surface area contributed by atoms with E-state index in [4.69, 9.17) is 5.26 Å². The van der Waals surface area contributed by atoms with Crippen LogP contribution in [0.4, 0.5) is 0 Å². The van der Waals surface area contributed by atoms with Crippen molar-refractivity contribution >= 4 is 0 Å². The second kappa shape index (κ2) is 7.45. The van der Waals surface area contributed by atoms with E-state index in [1.54, 1.807) is 0 Å². The van der Waals surface area contributed by atoms with E-state index in [0.29, 0.717) is 6.04 Å². The molecule has 0 heterocycles. The van der Waals surface area contributed by atoms with E-state index in [1.165, 1.54) is 49.7 Å². The van der Waals surface area contributed by atoms with Crippen LogP contribution in [-0.4, -0.2) is 6.04 Å². The Morgan fingerprint density at radius 2 is 2.00 bits per heavy atom. The van der Waals surface area contributed by atoms with Gasteiger partial charge in [0.05, 0.1) is 11.6 Å². The zero-order valence-corrected chi connectivity index (χ0v) is 12.8. The first kappa shape index (κ1) is 15.1. The zero-order valence-electron chi connectivity index (χ0n) is 12.8. The molecule has 0 bridgehead atoms. The third-order valence-electron chi connectivity index (χ3n) is 4.60. The van der Waals surface area contributed by atoms with Crippen molar-refractivity contribution in [2.45, 2.75) is 65.0 Å². The fourth-order valence-electron chi connectivity index (χ4n) is 3.28. The summed E-state index contributed by atoms with van der Waals surface area (Å²) in [5.74, 6) is 0.967. The maximum absolute atomic E-state index is 8.89. The molecule has 0 aliphatic heterocycles. The lowest BCUT2D eigenvalue weighted by Crippen LogP contribution is -2.32. The summed E-state index contributed by atoms with van der Waals surface area (Å²) in [5.41, 5.74) is 3.29. The average molecular weight is 270 g/mol. The third kappa shape index (κ3) is 4.08. The maximum Gasteiger partial charge on any atom is 0.0991 e. The summed E-state index contributed by atoms with van der Waals surface area (Å²) in [5, 5.41) is 12.6. The second-order valence-electron chi connectivity index (χ2n) is 6.14. The van der Waals surface area contributed by atoms with Crippen molar-refractivity contribution in [2.75, 3.05) is 0 Å². The Bertz CT molecular complexity index is 465. The van der Waals surface area contributed by atoms with Crippen molar-refractivity contribution in [1.82, 2.24) is 5.32 Å². The number of nitrogens with one attached hydrogen (secondary N) is 1. The summed E-state index contributed by atoms with van der Waals surface area (Å²) in [6, 6.07) is 8.86. The lowest BCUT2D eigenvalue weighted by Gasteiger charge is -2.29. The highest BCUT2D eigenvalue weighted by Crippen LogP contribution is 2.27. The van der Waals surface area contributed by atoms with Gasteiger partial charge in [-0.1, -0.05) is 25.8 Å². The van der Waals surface area contributed by atoms with E-state index in [-0.39, 0.29) is 0 Å². The van der Waals surface area contributed by atoms with Gasteiger partial charge >= 0.3 is 0 Å². The summed E-state index contributed by atoms with van der Waals surface area (Å²) >= 11 is 0. The van der Waals surface area contributed by atoms with Gasteiger partial charge in [-0.3, -0.25) is 0 Å². The minimum atomic E-state index is 0.679. The molecule has 1 fully saturated rings. The largest absolute Gasteiger partial charge is 0.310 e. The van der Waals surface area contributed by atoms with E-state index in [2.05, 4.69) is 31.3 Å². The molecule has 2 rings (SSSR count). The topological polar surface area (TPSA) is 35.8 Å². The SMILES string of the molecule is CCCC1CCC(NCc2ccc(C#N)cc2C)CC1. The summed E-state index contributed by atoms with van der Waals surface area (Å²) in [7, 11) is 0. The van der Waals surface area contributed by atoms with Gasteiger partial charge in [-0.15, -0.1) is 0 Å². The van der Waals surface area contributed by atoms with Crippen LogP contribution in [-0.2, 0) is 6.54 Å². The predicted octanol–water partition coefficient (Wildman–Crippen LogP) is 4.32. The molecule has 0 aromatic heterocycles. The van der Waals surface area contributed by atoms with Gasteiger partial charge in [0, 0.05) is 12.6 Å². The number of nitriles is 1. The quantitative estimate of drug-likeness (QED) is 0.865. The summed E-state index contributed by atoms with van der Waals surface area (Å²) < 4.78 is 0. The van der Waals surface area contributed by atoms with Crippen LogP contribution in [0.25, 0.3) is 0 Å². The molecule has 0 atom stereocenters. The number of hydrogen-bond acceptors (Lipinski definition) is 2. The standard InChI is InChI=1S/C18H26N2/c1-3-4-15-6-9-18(10-7-15)20-13-17-8-5-16(12-19)11-14(17)2/h5,8,11,15,18,20H,3-4,6-7,9-10,13H2,1-2H3. The normalized spacial score (nSPS) is 22.4. The summed E-state index contributed by atoms with van der Waals surface area (Å²) in [6.07, 6.45) is 8.14. The average Bonchev–Trinajstić information content (AvgIpc) is 2.48. The van der Waals surface area contributed by atoms with Crippen LogP contribution < -0.4 is 5.32 Å². The molecule has 1 aromatic carbocycles. The first-order chi connectivity index (χ1) is 9.72. The van der Waals surface area contributed by atoms with Gasteiger partial charge in [0.2, 0.25) is 0 Å². The van der Waals surface area contributed by atoms with Crippen LogP contribution in [0.3, 0.4) is 0 Å². The van der Waals surface area contributed by atoms with Crippen molar-refractivity contribution in [1.29, 1.82) is 5.26 Å². The highest BCUT2D eigenvalue weighted by atomic mass is 14.9. The van der Waals surface area contributed by atoms with Gasteiger partial charge in [0.25, 0.3) is 0 Å². The maximum atomic E-state index is 8.89. The fraction of sp³-hybridized carbons (Fsp3) is 0.611. The van der Waals surface area contributed by atoms with Gasteiger partial charge in [-0.25, -0.2) is 0 Å². The van der Waals surface area contributed by atoms with Crippen LogP contribution in [0.2, 0.25) is 0 Å². The summed E-state index contributed by atoms with van der Waals surface area (Å²) in [4.78, 5) is 0. The second-order valence-corrected chi connectivity index (χ2v) is 6.14. The Kier molecular flexibility index (Phi) is 5.61. The van der Waals surface area contributed by atoms with Crippen molar-refractivity contribution in [3.8, 4) is 6.07 Å². The van der Waals surface area contributed by atoms with Crippen LogP contribution in [0.15, 0.2) is 18.2 Å². The Labute approximate surface area is 123 Å². The molecule has 108 valence electrons. The zero-order chi connectivity index (χ0) is 14.4. The summed E-state index contributed by atoms with van der Waals surface area (Å²) in [6.45, 7) is 5.31.